The van der Waals surface area contributed by atoms with Crippen LogP contribution in [0.2, 0.25) is 0 Å². The van der Waals surface area contributed by atoms with E-state index in [1.807, 2.05) is 91.0 Å². The summed E-state index contributed by atoms with van der Waals surface area (Å²) in [5.74, 6) is 0.728. The molecule has 0 spiro atoms. The van der Waals surface area contributed by atoms with Crippen LogP contribution in [0.4, 0.5) is 4.79 Å². The Morgan fingerprint density at radius 2 is 1.52 bits per heavy atom. The van der Waals surface area contributed by atoms with Crippen molar-refractivity contribution in [3.63, 3.8) is 0 Å². The van der Waals surface area contributed by atoms with E-state index in [0.29, 0.717) is 46.8 Å². The fourth-order valence-corrected chi connectivity index (χ4v) is 8.61. The van der Waals surface area contributed by atoms with Crippen molar-refractivity contribution in [1.29, 1.82) is 0 Å². The van der Waals surface area contributed by atoms with E-state index in [1.54, 1.807) is 29.2 Å². The lowest BCUT2D eigenvalue weighted by atomic mass is 9.81. The molecule has 12 heteroatoms. The molecule has 5 aromatic carbocycles. The minimum absolute atomic E-state index is 0.0537. The molecule has 1 aromatic heterocycles. The number of benzene rings is 5. The number of fused-ring (bicyclic) bond motifs is 4. The average molecular weight is 808 g/mol. The third-order valence-corrected chi connectivity index (χ3v) is 11.8. The number of aliphatic hydroxyl groups is 1. The van der Waals surface area contributed by atoms with Gasteiger partial charge in [-0.1, -0.05) is 84.9 Å². The molecular weight excluding hydrogens is 759 g/mol. The van der Waals surface area contributed by atoms with Crippen LogP contribution < -0.4 is 20.9 Å². The van der Waals surface area contributed by atoms with E-state index in [-0.39, 0.29) is 36.4 Å². The summed E-state index contributed by atoms with van der Waals surface area (Å²) in [6, 6.07) is 38.2. The van der Waals surface area contributed by atoms with Gasteiger partial charge < -0.3 is 40.6 Å². The number of phenols is 1. The summed E-state index contributed by atoms with van der Waals surface area (Å²) in [6.45, 7) is 4.21. The smallest absolute Gasteiger partial charge is 0.408 e. The molecule has 0 aliphatic carbocycles. The highest BCUT2D eigenvalue weighted by Crippen LogP contribution is 2.39. The van der Waals surface area contributed by atoms with E-state index in [9.17, 15) is 29.7 Å². The largest absolute Gasteiger partial charge is 0.506 e. The van der Waals surface area contributed by atoms with E-state index in [2.05, 4.69) is 20.5 Å². The number of aromatic hydroxyl groups is 1. The Morgan fingerprint density at radius 1 is 0.817 bits per heavy atom. The fourth-order valence-electron chi connectivity index (χ4n) is 8.61. The lowest BCUT2D eigenvalue weighted by Gasteiger charge is -2.50. The molecule has 3 fully saturated rings. The number of H-pyrrole nitrogens is 1. The number of piperidine rings is 3. The summed E-state index contributed by atoms with van der Waals surface area (Å²) in [7, 11) is 0. The summed E-state index contributed by atoms with van der Waals surface area (Å²) in [5, 5.41) is 38.5. The normalized spacial score (nSPS) is 18.1. The average Bonchev–Trinajstić information content (AvgIpc) is 3.28. The van der Waals surface area contributed by atoms with E-state index >= 15 is 0 Å². The van der Waals surface area contributed by atoms with Gasteiger partial charge in [-0.25, -0.2) is 4.79 Å². The number of aromatic nitrogens is 1. The van der Waals surface area contributed by atoms with Crippen LogP contribution in [0.3, 0.4) is 0 Å². The fraction of sp³-hybridized carbons (Fsp3) is 0.271. The summed E-state index contributed by atoms with van der Waals surface area (Å²) in [5.41, 5.74) is 5.70. The van der Waals surface area contributed by atoms with Gasteiger partial charge in [0.1, 0.15) is 18.1 Å². The van der Waals surface area contributed by atoms with Gasteiger partial charge in [0.05, 0.1) is 23.7 Å². The Hall–Kier alpha value is -6.47. The van der Waals surface area contributed by atoms with Gasteiger partial charge >= 0.3 is 6.09 Å². The first-order chi connectivity index (χ1) is 29.2. The Bertz CT molecular complexity index is 2480. The number of hydrogen-bond acceptors (Lipinski definition) is 8. The third kappa shape index (κ3) is 9.21. The van der Waals surface area contributed by atoms with Crippen molar-refractivity contribution in [3.05, 3.63) is 177 Å². The number of hydrogen-bond donors (Lipinski definition) is 6. The summed E-state index contributed by atoms with van der Waals surface area (Å²) >= 11 is 0. The van der Waals surface area contributed by atoms with Gasteiger partial charge in [0, 0.05) is 43.2 Å². The highest BCUT2D eigenvalue weighted by Gasteiger charge is 2.43. The Labute approximate surface area is 348 Å². The van der Waals surface area contributed by atoms with E-state index in [4.69, 9.17) is 4.74 Å². The molecule has 3 atom stereocenters. The molecule has 3 aliphatic heterocycles. The Morgan fingerprint density at radius 3 is 2.22 bits per heavy atom. The van der Waals surface area contributed by atoms with Gasteiger partial charge in [-0.2, -0.15) is 0 Å². The minimum Gasteiger partial charge on any atom is -0.506 e. The number of ether oxygens (including phenoxy) is 1. The molecule has 12 nitrogen and oxygen atoms in total. The number of aliphatic hydroxyl groups excluding tert-OH is 1. The van der Waals surface area contributed by atoms with E-state index in [0.717, 1.165) is 60.3 Å². The van der Waals surface area contributed by atoms with Gasteiger partial charge in [-0.05, 0) is 102 Å². The minimum atomic E-state index is -0.919. The molecule has 0 radical (unpaired) electrons. The SMILES string of the molecule is O=C(NCc1ccc(CNCC(O)c2ccc(O)c3[nH]c(=O)ccc23)cc1)c1ccc(COc2cccc([C@H](c3ccccc3)N(C(=O)O)C3CN4CCC3CC4)c2)cc1. The van der Waals surface area contributed by atoms with Crippen molar-refractivity contribution in [3.8, 4) is 11.5 Å². The predicted octanol–water partition coefficient (Wildman–Crippen LogP) is 6.73. The highest BCUT2D eigenvalue weighted by molar-refractivity contribution is 5.94. The number of nitrogens with zero attached hydrogens (tertiary/aromatic N) is 2. The molecule has 3 saturated heterocycles. The maximum absolute atomic E-state index is 13.0. The number of carboxylic acid groups (broad SMARTS) is 1. The molecule has 2 amide bonds. The van der Waals surface area contributed by atoms with Gasteiger partial charge in [-0.3, -0.25) is 14.5 Å². The first-order valence-electron chi connectivity index (χ1n) is 20.4. The van der Waals surface area contributed by atoms with Gasteiger partial charge in [-0.15, -0.1) is 0 Å². The van der Waals surface area contributed by atoms with Crippen LogP contribution in [-0.4, -0.2) is 74.3 Å². The zero-order chi connectivity index (χ0) is 41.6. The molecule has 3 aliphatic rings. The van der Waals surface area contributed by atoms with Crippen LogP contribution >= 0.6 is 0 Å². The van der Waals surface area contributed by atoms with Crippen molar-refractivity contribution < 1.29 is 29.6 Å². The molecule has 60 heavy (non-hydrogen) atoms. The van der Waals surface area contributed by atoms with Gasteiger partial charge in [0.15, 0.2) is 0 Å². The predicted molar refractivity (Wildman–Crippen MR) is 229 cm³/mol. The van der Waals surface area contributed by atoms with Crippen LogP contribution in [0.1, 0.15) is 68.7 Å². The van der Waals surface area contributed by atoms with E-state index in [1.165, 1.54) is 12.1 Å². The number of phenolic OH excluding ortho intramolecular Hbond substituents is 1. The highest BCUT2D eigenvalue weighted by atomic mass is 16.5. The van der Waals surface area contributed by atoms with E-state index < -0.39 is 18.2 Å². The monoisotopic (exact) mass is 807 g/mol. The van der Waals surface area contributed by atoms with Crippen LogP contribution in [0, 0.1) is 5.92 Å². The maximum atomic E-state index is 13.0. The number of carbonyl (C=O) groups excluding carboxylic acids is 1. The van der Waals surface area contributed by atoms with Crippen molar-refractivity contribution in [1.82, 2.24) is 25.4 Å². The van der Waals surface area contributed by atoms with Crippen molar-refractivity contribution in [2.75, 3.05) is 26.2 Å². The number of amides is 2. The summed E-state index contributed by atoms with van der Waals surface area (Å²) < 4.78 is 6.24. The van der Waals surface area contributed by atoms with Crippen molar-refractivity contribution in [2.45, 2.75) is 50.7 Å². The second-order valence-electron chi connectivity index (χ2n) is 15.7. The molecule has 6 N–H and O–H groups in total. The van der Waals surface area contributed by atoms with Crippen LogP contribution in [-0.2, 0) is 19.7 Å². The number of carbonyl (C=O) groups is 2. The molecule has 2 bridgehead atoms. The molecule has 0 saturated carbocycles. The lowest BCUT2D eigenvalue weighted by Crippen LogP contribution is -2.59. The second kappa shape index (κ2) is 18.2. The van der Waals surface area contributed by atoms with Crippen LogP contribution in [0.5, 0.6) is 11.5 Å². The molecular formula is C48H49N5O7. The molecule has 4 heterocycles. The quantitative estimate of drug-likeness (QED) is 0.0660. The number of rotatable bonds is 15. The van der Waals surface area contributed by atoms with Gasteiger partial charge in [0.2, 0.25) is 5.56 Å². The van der Waals surface area contributed by atoms with Crippen LogP contribution in [0.15, 0.2) is 132 Å². The van der Waals surface area contributed by atoms with Crippen molar-refractivity contribution in [2.24, 2.45) is 5.92 Å². The molecule has 6 aromatic rings. The Kier molecular flexibility index (Phi) is 12.2. The zero-order valence-electron chi connectivity index (χ0n) is 33.2. The zero-order valence-corrected chi connectivity index (χ0v) is 33.2. The van der Waals surface area contributed by atoms with Gasteiger partial charge in [0.25, 0.3) is 5.91 Å². The standard InChI is InChI=1S/C48H49N5O7/c54-42-19-17-39(40-18-20-44(56)51-45(40)42)43(55)28-49-26-31-9-11-32(12-10-31)27-50-47(57)36-15-13-33(14-16-36)30-60-38-8-4-7-37(25-38)46(35-5-2-1-3-6-35)53(48(58)59)41-29-52-23-21-34(41)22-24-52/h1-20,25,34,41,43,46,49,54-55H,21-24,26-30H2,(H,50,57)(H,51,56)(H,58,59)/t41?,43?,46-/m0/s1. The topological polar surface area (TPSA) is 167 Å². The third-order valence-electron chi connectivity index (χ3n) is 11.8. The maximum Gasteiger partial charge on any atom is 0.408 e. The molecule has 308 valence electrons. The summed E-state index contributed by atoms with van der Waals surface area (Å²) in [4.78, 5) is 44.4. The van der Waals surface area contributed by atoms with Crippen molar-refractivity contribution >= 4 is 22.9 Å². The second-order valence-corrected chi connectivity index (χ2v) is 15.7. The number of nitrogens with one attached hydrogen (secondary N) is 3. The molecule has 9 rings (SSSR count). The van der Waals surface area contributed by atoms with Crippen LogP contribution in [0.25, 0.3) is 10.9 Å². The molecule has 2 unspecified atom stereocenters. The Balaban J connectivity index is 0.832. The number of pyridine rings is 1. The summed E-state index contributed by atoms with van der Waals surface area (Å²) in [6.07, 6.45) is 0.246. The first kappa shape index (κ1) is 40.3. The first-order valence-corrected chi connectivity index (χ1v) is 20.4. The number of aromatic amines is 1. The lowest BCUT2D eigenvalue weighted by molar-refractivity contribution is -0.000814.